The molecule has 1 aliphatic rings. The molecule has 0 bridgehead atoms. The number of ketones is 2. The second kappa shape index (κ2) is 14.0. The fourth-order valence-corrected chi connectivity index (χ4v) is 6.11. The van der Waals surface area contributed by atoms with Crippen molar-refractivity contribution in [1.82, 2.24) is 4.90 Å². The molecule has 0 aliphatic carbocycles. The molecule has 0 saturated carbocycles. The number of phenols is 1. The number of aromatic hydroxyl groups is 1. The van der Waals surface area contributed by atoms with E-state index in [1.54, 1.807) is 48.5 Å². The number of nitrogens with zero attached hydrogens (tertiary/aromatic N) is 1. The van der Waals surface area contributed by atoms with Crippen LogP contribution in [0.1, 0.15) is 62.4 Å². The van der Waals surface area contributed by atoms with Crippen molar-refractivity contribution in [3.8, 4) is 34.5 Å². The van der Waals surface area contributed by atoms with Crippen molar-refractivity contribution in [2.45, 2.75) is 25.8 Å². The second-order valence-corrected chi connectivity index (χ2v) is 13.2. The zero-order valence-corrected chi connectivity index (χ0v) is 28.6. The van der Waals surface area contributed by atoms with Gasteiger partial charge < -0.3 is 19.3 Å². The molecule has 1 N–H and O–H groups in total. The highest BCUT2D eigenvalue weighted by Crippen LogP contribution is 2.35. The summed E-state index contributed by atoms with van der Waals surface area (Å²) in [6, 6.07) is 42.1. The van der Waals surface area contributed by atoms with Crippen LogP contribution in [0, 0.1) is 0 Å². The van der Waals surface area contributed by atoms with Crippen molar-refractivity contribution in [1.29, 1.82) is 0 Å². The zero-order chi connectivity index (χ0) is 35.5. The molecule has 7 nitrogen and oxygen atoms in total. The molecule has 0 aromatic heterocycles. The third kappa shape index (κ3) is 7.39. The number of carbonyl (C=O) groups is 2. The zero-order valence-electron chi connectivity index (χ0n) is 28.6. The van der Waals surface area contributed by atoms with Gasteiger partial charge in [-0.05, 0) is 133 Å². The van der Waals surface area contributed by atoms with Gasteiger partial charge in [0.2, 0.25) is 0 Å². The van der Waals surface area contributed by atoms with E-state index < -0.39 is 0 Å². The van der Waals surface area contributed by atoms with Crippen LogP contribution in [0.5, 0.6) is 34.5 Å². The van der Waals surface area contributed by atoms with Gasteiger partial charge in [-0.3, -0.25) is 14.5 Å². The fraction of sp³-hybridized carbons (Fsp3) is 0.136. The molecule has 0 fully saturated rings. The molecule has 0 radical (unpaired) electrons. The first-order chi connectivity index (χ1) is 24.6. The molecule has 1 aliphatic heterocycles. The summed E-state index contributed by atoms with van der Waals surface area (Å²) in [7, 11) is 1.98. The SMILES string of the molecule is CN1COc2ccc(C(=O)c3ccc(Oc4ccc(C(C)(C)c5ccc(Oc6ccc(C(=O)c7ccc(O)cc7)cc6)cc5)cc4)cc3)cc2C1. The maximum Gasteiger partial charge on any atom is 0.193 e. The van der Waals surface area contributed by atoms with E-state index in [1.165, 1.54) is 12.1 Å². The van der Waals surface area contributed by atoms with Crippen LogP contribution in [0.25, 0.3) is 0 Å². The lowest BCUT2D eigenvalue weighted by Gasteiger charge is -2.26. The number of benzene rings is 6. The Morgan fingerprint density at radius 2 is 0.980 bits per heavy atom. The van der Waals surface area contributed by atoms with Crippen molar-refractivity contribution in [2.24, 2.45) is 0 Å². The predicted molar refractivity (Wildman–Crippen MR) is 196 cm³/mol. The summed E-state index contributed by atoms with van der Waals surface area (Å²) >= 11 is 0. The predicted octanol–water partition coefficient (Wildman–Crippen LogP) is 9.55. The number of carbonyl (C=O) groups excluding carboxylic acids is 2. The van der Waals surface area contributed by atoms with Crippen molar-refractivity contribution in [3.63, 3.8) is 0 Å². The van der Waals surface area contributed by atoms with E-state index in [1.807, 2.05) is 61.6 Å². The first-order valence-electron chi connectivity index (χ1n) is 16.7. The van der Waals surface area contributed by atoms with Gasteiger partial charge in [0.25, 0.3) is 0 Å². The first kappa shape index (κ1) is 33.3. The van der Waals surface area contributed by atoms with Crippen LogP contribution >= 0.6 is 0 Å². The van der Waals surface area contributed by atoms with Crippen LogP contribution in [0.3, 0.4) is 0 Å². The summed E-state index contributed by atoms with van der Waals surface area (Å²) in [4.78, 5) is 28.0. The van der Waals surface area contributed by atoms with E-state index in [9.17, 15) is 14.7 Å². The Balaban J connectivity index is 0.957. The summed E-state index contributed by atoms with van der Waals surface area (Å²) in [5.41, 5.74) is 5.25. The first-order valence-corrected chi connectivity index (χ1v) is 16.7. The molecule has 51 heavy (non-hydrogen) atoms. The Labute approximate surface area is 297 Å². The topological polar surface area (TPSA) is 85.3 Å². The van der Waals surface area contributed by atoms with Crippen LogP contribution in [0.15, 0.2) is 140 Å². The van der Waals surface area contributed by atoms with Crippen LogP contribution < -0.4 is 14.2 Å². The Kier molecular flexibility index (Phi) is 9.13. The van der Waals surface area contributed by atoms with Crippen molar-refractivity contribution in [2.75, 3.05) is 13.8 Å². The molecule has 7 rings (SSSR count). The molecule has 6 aromatic carbocycles. The van der Waals surface area contributed by atoms with Crippen LogP contribution in [-0.2, 0) is 12.0 Å². The second-order valence-electron chi connectivity index (χ2n) is 13.2. The summed E-state index contributed by atoms with van der Waals surface area (Å²) in [5, 5.41) is 9.48. The van der Waals surface area contributed by atoms with Crippen molar-refractivity contribution in [3.05, 3.63) is 178 Å². The van der Waals surface area contributed by atoms with E-state index in [0.717, 1.165) is 29.0 Å². The van der Waals surface area contributed by atoms with E-state index >= 15 is 0 Å². The van der Waals surface area contributed by atoms with E-state index in [4.69, 9.17) is 14.2 Å². The highest BCUT2D eigenvalue weighted by atomic mass is 16.5. The number of hydrogen-bond donors (Lipinski definition) is 1. The standard InChI is InChI=1S/C44H37NO6/c1-44(2,34-11-21-39(22-12-34)50-37-17-6-30(7-18-37)42(47)29-4-15-36(46)16-5-29)35-13-23-40(24-14-35)51-38-19-8-31(9-20-38)43(48)32-10-25-41-33(26-32)27-45(3)28-49-41/h4-26,46H,27-28H2,1-3H3. The Bertz CT molecular complexity index is 2170. The maximum absolute atomic E-state index is 13.2. The molecular weight excluding hydrogens is 638 g/mol. The minimum atomic E-state index is -0.284. The van der Waals surface area contributed by atoms with Gasteiger partial charge in [-0.25, -0.2) is 0 Å². The highest BCUT2D eigenvalue weighted by molar-refractivity contribution is 6.09. The van der Waals surface area contributed by atoms with Crippen LogP contribution in [0.4, 0.5) is 0 Å². The average molecular weight is 676 g/mol. The number of fused-ring (bicyclic) bond motifs is 1. The molecule has 7 heteroatoms. The van der Waals surface area contributed by atoms with Gasteiger partial charge >= 0.3 is 0 Å². The average Bonchev–Trinajstić information content (AvgIpc) is 3.15. The lowest BCUT2D eigenvalue weighted by atomic mass is 9.78. The smallest absolute Gasteiger partial charge is 0.193 e. The third-order valence-corrected chi connectivity index (χ3v) is 9.19. The number of hydrogen-bond acceptors (Lipinski definition) is 7. The molecular formula is C44H37NO6. The summed E-state index contributed by atoms with van der Waals surface area (Å²) in [6.45, 7) is 5.63. The molecule has 0 saturated heterocycles. The van der Waals surface area contributed by atoms with Gasteiger partial charge in [0.1, 0.15) is 41.2 Å². The molecule has 1 heterocycles. The number of phenolic OH excluding ortho intramolecular Hbond substituents is 1. The Morgan fingerprint density at radius 3 is 1.45 bits per heavy atom. The lowest BCUT2D eigenvalue weighted by Crippen LogP contribution is -2.28. The normalized spacial score (nSPS) is 12.8. The Morgan fingerprint density at radius 1 is 0.588 bits per heavy atom. The van der Waals surface area contributed by atoms with Crippen LogP contribution in [-0.4, -0.2) is 35.4 Å². The monoisotopic (exact) mass is 675 g/mol. The van der Waals surface area contributed by atoms with Gasteiger partial charge in [0.05, 0.1) is 0 Å². The Hall–Kier alpha value is -6.18. The maximum atomic E-state index is 13.2. The van der Waals surface area contributed by atoms with E-state index in [2.05, 4.69) is 43.0 Å². The van der Waals surface area contributed by atoms with Crippen molar-refractivity contribution < 1.29 is 28.9 Å². The number of rotatable bonds is 10. The quantitative estimate of drug-likeness (QED) is 0.145. The minimum Gasteiger partial charge on any atom is -0.508 e. The van der Waals surface area contributed by atoms with Gasteiger partial charge in [-0.15, -0.1) is 0 Å². The largest absolute Gasteiger partial charge is 0.508 e. The van der Waals surface area contributed by atoms with Crippen molar-refractivity contribution >= 4 is 11.6 Å². The van der Waals surface area contributed by atoms with Gasteiger partial charge in [0.15, 0.2) is 11.6 Å². The molecule has 0 spiro atoms. The van der Waals surface area contributed by atoms with Gasteiger partial charge in [-0.2, -0.15) is 0 Å². The van der Waals surface area contributed by atoms with Gasteiger partial charge in [0, 0.05) is 39.8 Å². The summed E-state index contributed by atoms with van der Waals surface area (Å²) in [5.74, 6) is 3.44. The van der Waals surface area contributed by atoms with E-state index in [0.29, 0.717) is 52.0 Å². The molecule has 0 atom stereocenters. The minimum absolute atomic E-state index is 0.0433. The summed E-state index contributed by atoms with van der Waals surface area (Å²) < 4.78 is 17.9. The third-order valence-electron chi connectivity index (χ3n) is 9.19. The van der Waals surface area contributed by atoms with Gasteiger partial charge in [-0.1, -0.05) is 38.1 Å². The fourth-order valence-electron chi connectivity index (χ4n) is 6.11. The highest BCUT2D eigenvalue weighted by Gasteiger charge is 2.23. The van der Waals surface area contributed by atoms with Crippen LogP contribution in [0.2, 0.25) is 0 Å². The number of ether oxygens (including phenoxy) is 3. The molecule has 6 aromatic rings. The summed E-state index contributed by atoms with van der Waals surface area (Å²) in [6.07, 6.45) is 0. The lowest BCUT2D eigenvalue weighted by molar-refractivity contribution is 0.102. The molecule has 0 unspecified atom stereocenters. The molecule has 254 valence electrons. The van der Waals surface area contributed by atoms with E-state index in [-0.39, 0.29) is 22.7 Å². The molecule has 0 amide bonds.